The summed E-state index contributed by atoms with van der Waals surface area (Å²) >= 11 is 7.43. The summed E-state index contributed by atoms with van der Waals surface area (Å²) < 4.78 is 11.0. The lowest BCUT2D eigenvalue weighted by Gasteiger charge is -2.15. The molecule has 8 heteroatoms. The Bertz CT molecular complexity index is 927. The van der Waals surface area contributed by atoms with Crippen molar-refractivity contribution in [2.24, 2.45) is 0 Å². The topological polar surface area (TPSA) is 67.9 Å². The molecule has 0 spiro atoms. The Kier molecular flexibility index (Phi) is 8.62. The fourth-order valence-corrected chi connectivity index (χ4v) is 3.26. The van der Waals surface area contributed by atoms with Crippen LogP contribution in [0.25, 0.3) is 6.08 Å². The predicted molar refractivity (Wildman–Crippen MR) is 123 cm³/mol. The first kappa shape index (κ1) is 23.6. The second-order valence-electron chi connectivity index (χ2n) is 6.81. The van der Waals surface area contributed by atoms with Crippen LogP contribution in [0, 0.1) is 0 Å². The molecular weight excluding hydrogens is 424 g/mol. The summed E-state index contributed by atoms with van der Waals surface area (Å²) in [6.07, 6.45) is 3.00. The molecule has 0 aromatic heterocycles. The molecule has 1 N–H and O–H groups in total. The third-order valence-corrected chi connectivity index (χ3v) is 5.05. The van der Waals surface area contributed by atoms with E-state index in [4.69, 9.17) is 21.1 Å². The Balaban J connectivity index is 2.04. The summed E-state index contributed by atoms with van der Waals surface area (Å²) in [5.41, 5.74) is 1.33. The van der Waals surface area contributed by atoms with Gasteiger partial charge in [-0.2, -0.15) is 0 Å². The third-order valence-electron chi connectivity index (χ3n) is 3.72. The van der Waals surface area contributed by atoms with E-state index >= 15 is 0 Å². The van der Waals surface area contributed by atoms with Crippen LogP contribution in [0.15, 0.2) is 47.4 Å². The quantitative estimate of drug-likeness (QED) is 0.443. The number of carbonyl (C=O) groups excluding carboxylic acids is 2. The zero-order valence-electron chi connectivity index (χ0n) is 17.6. The number of halogens is 1. The molecule has 2 aromatic rings. The average molecular weight is 449 g/mol. The van der Waals surface area contributed by atoms with Gasteiger partial charge in [0.2, 0.25) is 5.91 Å². The highest BCUT2D eigenvalue weighted by atomic mass is 35.5. The molecule has 30 heavy (non-hydrogen) atoms. The van der Waals surface area contributed by atoms with E-state index in [1.165, 1.54) is 18.1 Å². The van der Waals surface area contributed by atoms with E-state index in [0.29, 0.717) is 27.8 Å². The van der Waals surface area contributed by atoms with Gasteiger partial charge in [-0.3, -0.25) is 9.59 Å². The summed E-state index contributed by atoms with van der Waals surface area (Å²) in [6.45, 7) is 3.80. The van der Waals surface area contributed by atoms with Crippen LogP contribution in [0.3, 0.4) is 0 Å². The Labute approximate surface area is 186 Å². The smallest absolute Gasteiger partial charge is 0.285 e. The second-order valence-corrected chi connectivity index (χ2v) is 8.24. The minimum absolute atomic E-state index is 0.0469. The number of hydrogen-bond donors (Lipinski definition) is 1. The summed E-state index contributed by atoms with van der Waals surface area (Å²) in [4.78, 5) is 26.3. The maximum absolute atomic E-state index is 12.2. The second kappa shape index (κ2) is 10.9. The van der Waals surface area contributed by atoms with Crippen molar-refractivity contribution in [1.82, 2.24) is 4.90 Å². The van der Waals surface area contributed by atoms with Gasteiger partial charge in [0, 0.05) is 30.8 Å². The maximum atomic E-state index is 12.2. The fraction of sp³-hybridized carbons (Fsp3) is 0.273. The van der Waals surface area contributed by atoms with Crippen LogP contribution >= 0.6 is 23.4 Å². The predicted octanol–water partition coefficient (Wildman–Crippen LogP) is 5.56. The van der Waals surface area contributed by atoms with Gasteiger partial charge < -0.3 is 19.7 Å². The van der Waals surface area contributed by atoms with E-state index in [1.807, 2.05) is 13.8 Å². The number of anilines is 1. The summed E-state index contributed by atoms with van der Waals surface area (Å²) in [7, 11) is 4.93. The first-order valence-electron chi connectivity index (χ1n) is 9.22. The molecule has 0 atom stereocenters. The number of thioether (sulfide) groups is 1. The lowest BCUT2D eigenvalue weighted by molar-refractivity contribution is -0.111. The van der Waals surface area contributed by atoms with Gasteiger partial charge in [-0.1, -0.05) is 11.6 Å². The van der Waals surface area contributed by atoms with Crippen LogP contribution in [-0.2, 0) is 4.79 Å². The number of carbonyl (C=O) groups is 2. The van der Waals surface area contributed by atoms with E-state index < -0.39 is 0 Å². The molecular formula is C22H25ClN2O4S. The van der Waals surface area contributed by atoms with Crippen LogP contribution in [0.4, 0.5) is 10.5 Å². The zero-order chi connectivity index (χ0) is 22.3. The van der Waals surface area contributed by atoms with Crippen LogP contribution in [0.2, 0.25) is 5.02 Å². The van der Waals surface area contributed by atoms with Crippen molar-refractivity contribution in [3.8, 4) is 11.5 Å². The Morgan fingerprint density at radius 1 is 1.17 bits per heavy atom. The zero-order valence-corrected chi connectivity index (χ0v) is 19.1. The van der Waals surface area contributed by atoms with Gasteiger partial charge in [0.1, 0.15) is 0 Å². The summed E-state index contributed by atoms with van der Waals surface area (Å²) in [6, 6.07) is 10.5. The molecule has 0 fully saturated rings. The lowest BCUT2D eigenvalue weighted by atomic mass is 10.1. The van der Waals surface area contributed by atoms with E-state index in [9.17, 15) is 9.59 Å². The maximum Gasteiger partial charge on any atom is 0.285 e. The summed E-state index contributed by atoms with van der Waals surface area (Å²) in [5, 5.41) is 3.12. The molecule has 2 rings (SSSR count). The molecule has 0 bridgehead atoms. The first-order chi connectivity index (χ1) is 14.2. The molecule has 0 heterocycles. The lowest BCUT2D eigenvalue weighted by Crippen LogP contribution is -2.16. The molecule has 0 aliphatic rings. The fourth-order valence-electron chi connectivity index (χ4n) is 2.34. The number of ether oxygens (including phenoxy) is 2. The van der Waals surface area contributed by atoms with E-state index in [-0.39, 0.29) is 17.3 Å². The third kappa shape index (κ3) is 7.00. The number of nitrogens with one attached hydrogen (secondary N) is 1. The molecule has 0 aliphatic carbocycles. The summed E-state index contributed by atoms with van der Waals surface area (Å²) in [5.74, 6) is 0.676. The van der Waals surface area contributed by atoms with Crippen molar-refractivity contribution in [3.05, 3.63) is 53.1 Å². The van der Waals surface area contributed by atoms with Crippen molar-refractivity contribution in [2.75, 3.05) is 26.5 Å². The normalized spacial score (nSPS) is 10.9. The number of nitrogens with zero attached hydrogens (tertiary/aromatic N) is 1. The Hall–Kier alpha value is -2.64. The molecule has 0 saturated heterocycles. The van der Waals surface area contributed by atoms with E-state index in [1.54, 1.807) is 56.6 Å². The molecule has 0 saturated carbocycles. The monoisotopic (exact) mass is 448 g/mol. The van der Waals surface area contributed by atoms with Crippen LogP contribution < -0.4 is 14.8 Å². The molecule has 0 unspecified atom stereocenters. The number of rotatable bonds is 7. The van der Waals surface area contributed by atoms with Gasteiger partial charge in [-0.25, -0.2) is 0 Å². The van der Waals surface area contributed by atoms with Gasteiger partial charge in [-0.15, -0.1) is 0 Å². The first-order valence-corrected chi connectivity index (χ1v) is 10.4. The highest BCUT2D eigenvalue weighted by molar-refractivity contribution is 8.13. The minimum Gasteiger partial charge on any atom is -0.493 e. The van der Waals surface area contributed by atoms with Crippen molar-refractivity contribution >= 4 is 46.3 Å². The van der Waals surface area contributed by atoms with Crippen LogP contribution in [0.1, 0.15) is 19.4 Å². The molecule has 2 amide bonds. The molecule has 6 nitrogen and oxygen atoms in total. The van der Waals surface area contributed by atoms with Crippen molar-refractivity contribution < 1.29 is 19.1 Å². The average Bonchev–Trinajstić information content (AvgIpc) is 2.69. The molecule has 2 aromatic carbocycles. The van der Waals surface area contributed by atoms with Gasteiger partial charge in [0.25, 0.3) is 5.24 Å². The van der Waals surface area contributed by atoms with Crippen molar-refractivity contribution in [1.29, 1.82) is 0 Å². The Morgan fingerprint density at radius 2 is 1.83 bits per heavy atom. The van der Waals surface area contributed by atoms with E-state index in [0.717, 1.165) is 16.7 Å². The number of hydrogen-bond acceptors (Lipinski definition) is 5. The number of methoxy groups -OCH3 is 1. The SMILES string of the molecule is COc1cc(/C=C/C(=O)Nc2ccc(SC(=O)N(C)C)cc2)cc(Cl)c1OC(C)C. The van der Waals surface area contributed by atoms with Crippen molar-refractivity contribution in [2.45, 2.75) is 24.8 Å². The van der Waals surface area contributed by atoms with Gasteiger partial charge in [-0.05, 0) is 73.6 Å². The van der Waals surface area contributed by atoms with Gasteiger partial charge >= 0.3 is 0 Å². The van der Waals surface area contributed by atoms with Gasteiger partial charge in [0.05, 0.1) is 18.2 Å². The number of benzene rings is 2. The number of amides is 2. The molecule has 0 aliphatic heterocycles. The molecule has 0 radical (unpaired) electrons. The van der Waals surface area contributed by atoms with Crippen LogP contribution in [0.5, 0.6) is 11.5 Å². The standard InChI is InChI=1S/C22H25ClN2O4S/c1-14(2)29-21-18(23)12-15(13-19(21)28-5)6-11-20(26)24-16-7-9-17(10-8-16)30-22(27)25(3)4/h6-14H,1-5H3,(H,24,26)/b11-6+. The minimum atomic E-state index is -0.294. The highest BCUT2D eigenvalue weighted by Gasteiger charge is 2.13. The van der Waals surface area contributed by atoms with Crippen LogP contribution in [-0.4, -0.2) is 43.4 Å². The van der Waals surface area contributed by atoms with Gasteiger partial charge in [0.15, 0.2) is 11.5 Å². The highest BCUT2D eigenvalue weighted by Crippen LogP contribution is 2.37. The largest absolute Gasteiger partial charge is 0.493 e. The van der Waals surface area contributed by atoms with E-state index in [2.05, 4.69) is 5.32 Å². The van der Waals surface area contributed by atoms with Crippen molar-refractivity contribution in [3.63, 3.8) is 0 Å². The molecule has 160 valence electrons. The Morgan fingerprint density at radius 3 is 2.40 bits per heavy atom.